The minimum Gasteiger partial charge on any atom is -0.371 e. The van der Waals surface area contributed by atoms with Crippen molar-refractivity contribution in [3.63, 3.8) is 0 Å². The van der Waals surface area contributed by atoms with E-state index in [-0.39, 0.29) is 15.9 Å². The number of rotatable bonds is 10. The molecular weight excluding hydrogens is 456 g/mol. The first-order valence-electron chi connectivity index (χ1n) is 11.2. The van der Waals surface area contributed by atoms with Crippen LogP contribution in [0.25, 0.3) is 0 Å². The van der Waals surface area contributed by atoms with Crippen molar-refractivity contribution < 1.29 is 13.2 Å². The van der Waals surface area contributed by atoms with E-state index in [0.717, 1.165) is 29.1 Å². The van der Waals surface area contributed by atoms with Gasteiger partial charge in [-0.3, -0.25) is 0 Å². The maximum atomic E-state index is 12.7. The van der Waals surface area contributed by atoms with Gasteiger partial charge in [0.25, 0.3) is 0 Å². The molecule has 1 aliphatic heterocycles. The normalized spacial score (nSPS) is 17.9. The fourth-order valence-corrected chi connectivity index (χ4v) is 8.74. The molecule has 2 aromatic carbocycles. The van der Waals surface area contributed by atoms with Crippen LogP contribution in [0.15, 0.2) is 77.2 Å². The minimum atomic E-state index is -3.33. The van der Waals surface area contributed by atoms with E-state index in [1.54, 1.807) is 24.3 Å². The van der Waals surface area contributed by atoms with Crippen molar-refractivity contribution in [2.75, 3.05) is 17.3 Å². The van der Waals surface area contributed by atoms with Gasteiger partial charge < -0.3 is 4.74 Å². The molecule has 174 valence electrons. The third-order valence-electron chi connectivity index (χ3n) is 5.75. The van der Waals surface area contributed by atoms with Crippen LogP contribution in [0.5, 0.6) is 0 Å². The fourth-order valence-electron chi connectivity index (χ4n) is 3.90. The quantitative estimate of drug-likeness (QED) is 0.351. The van der Waals surface area contributed by atoms with Crippen molar-refractivity contribution in [1.29, 1.82) is 0 Å². The predicted molar refractivity (Wildman–Crippen MR) is 139 cm³/mol. The van der Waals surface area contributed by atoms with Crippen molar-refractivity contribution in [2.45, 2.75) is 55.3 Å². The summed E-state index contributed by atoms with van der Waals surface area (Å²) in [5.41, 5.74) is 2.23. The lowest BCUT2D eigenvalue weighted by Gasteiger charge is -2.45. The van der Waals surface area contributed by atoms with Crippen LogP contribution in [0, 0.1) is 5.92 Å². The average Bonchev–Trinajstić information content (AvgIpc) is 2.82. The summed E-state index contributed by atoms with van der Waals surface area (Å²) in [6.07, 6.45) is 3.83. The number of sulfone groups is 1. The molecule has 0 N–H and O–H groups in total. The topological polar surface area (TPSA) is 43.4 Å². The van der Waals surface area contributed by atoms with Crippen LogP contribution in [-0.4, -0.2) is 35.9 Å². The van der Waals surface area contributed by atoms with Crippen LogP contribution in [0.3, 0.4) is 0 Å². The molecule has 1 atom stereocenters. The van der Waals surface area contributed by atoms with Crippen LogP contribution in [0.4, 0.5) is 0 Å². The molecule has 0 spiro atoms. The molecule has 0 saturated carbocycles. The molecule has 32 heavy (non-hydrogen) atoms. The van der Waals surface area contributed by atoms with Crippen molar-refractivity contribution in [2.24, 2.45) is 5.92 Å². The van der Waals surface area contributed by atoms with Gasteiger partial charge in [-0.15, -0.1) is 23.5 Å². The Labute approximate surface area is 202 Å². The van der Waals surface area contributed by atoms with Gasteiger partial charge in [-0.2, -0.15) is 0 Å². The van der Waals surface area contributed by atoms with Gasteiger partial charge >= 0.3 is 0 Å². The summed E-state index contributed by atoms with van der Waals surface area (Å²) in [5.74, 6) is 2.74. The van der Waals surface area contributed by atoms with Gasteiger partial charge in [0.1, 0.15) is 0 Å². The third-order valence-corrected chi connectivity index (χ3v) is 11.4. The zero-order valence-corrected chi connectivity index (χ0v) is 21.6. The maximum absolute atomic E-state index is 12.7. The molecule has 0 aromatic heterocycles. The van der Waals surface area contributed by atoms with E-state index in [1.165, 1.54) is 6.42 Å². The van der Waals surface area contributed by atoms with E-state index in [0.29, 0.717) is 17.4 Å². The Morgan fingerprint density at radius 2 is 1.62 bits per heavy atom. The number of benzene rings is 2. The first kappa shape index (κ1) is 25.4. The van der Waals surface area contributed by atoms with Crippen LogP contribution >= 0.6 is 23.5 Å². The molecule has 2 aromatic rings. The molecule has 3 nitrogen and oxygen atoms in total. The number of thioether (sulfide) groups is 2. The fraction of sp³-hybridized carbons (Fsp3) is 0.462. The Balaban J connectivity index is 1.78. The molecule has 1 unspecified atom stereocenters. The Bertz CT molecular complexity index is 964. The summed E-state index contributed by atoms with van der Waals surface area (Å²) in [6.45, 7) is 7.16. The number of hydrogen-bond donors (Lipinski definition) is 0. The molecule has 1 fully saturated rings. The molecule has 0 amide bonds. The summed E-state index contributed by atoms with van der Waals surface area (Å²) in [6, 6.07) is 19.0. The molecule has 1 aliphatic rings. The summed E-state index contributed by atoms with van der Waals surface area (Å²) < 4.78 is 32.0. The minimum absolute atomic E-state index is 0.00804. The average molecular weight is 491 g/mol. The van der Waals surface area contributed by atoms with Gasteiger partial charge in [0, 0.05) is 0 Å². The monoisotopic (exact) mass is 490 g/mol. The Hall–Kier alpha value is -1.21. The number of ether oxygens (including phenoxy) is 1. The summed E-state index contributed by atoms with van der Waals surface area (Å²) in [5, 5.41) is 0. The van der Waals surface area contributed by atoms with Crippen molar-refractivity contribution in [3.8, 4) is 0 Å². The maximum Gasteiger partial charge on any atom is 0.181 e. The van der Waals surface area contributed by atoms with Crippen LogP contribution in [-0.2, 0) is 21.2 Å². The van der Waals surface area contributed by atoms with E-state index in [2.05, 4.69) is 26.0 Å². The first-order chi connectivity index (χ1) is 15.3. The van der Waals surface area contributed by atoms with Gasteiger partial charge in [-0.05, 0) is 54.9 Å². The largest absolute Gasteiger partial charge is 0.371 e. The molecular formula is C26H34O3S3. The zero-order chi connectivity index (χ0) is 23.0. The Morgan fingerprint density at radius 3 is 2.22 bits per heavy atom. The van der Waals surface area contributed by atoms with E-state index in [1.807, 2.05) is 60.8 Å². The first-order valence-corrected chi connectivity index (χ1v) is 14.8. The van der Waals surface area contributed by atoms with Gasteiger partial charge in [-0.25, -0.2) is 8.42 Å². The van der Waals surface area contributed by atoms with Gasteiger partial charge in [0.15, 0.2) is 9.84 Å². The van der Waals surface area contributed by atoms with Crippen LogP contribution in [0.1, 0.15) is 39.2 Å². The summed E-state index contributed by atoms with van der Waals surface area (Å²) in [7, 11) is -3.33. The van der Waals surface area contributed by atoms with Crippen molar-refractivity contribution in [3.05, 3.63) is 77.9 Å². The zero-order valence-electron chi connectivity index (χ0n) is 19.2. The van der Waals surface area contributed by atoms with Crippen LogP contribution < -0.4 is 0 Å². The third kappa shape index (κ3) is 6.66. The summed E-state index contributed by atoms with van der Waals surface area (Å²) >= 11 is 4.03. The highest BCUT2D eigenvalue weighted by Crippen LogP contribution is 2.52. The van der Waals surface area contributed by atoms with Gasteiger partial charge in [-0.1, -0.05) is 74.0 Å². The molecule has 1 heterocycles. The van der Waals surface area contributed by atoms with E-state index in [9.17, 15) is 8.42 Å². The van der Waals surface area contributed by atoms with E-state index >= 15 is 0 Å². The highest BCUT2D eigenvalue weighted by molar-refractivity contribution is 8.18. The lowest BCUT2D eigenvalue weighted by Crippen LogP contribution is -2.45. The van der Waals surface area contributed by atoms with Crippen LogP contribution in [0.2, 0.25) is 0 Å². The van der Waals surface area contributed by atoms with Crippen molar-refractivity contribution in [1.82, 2.24) is 0 Å². The van der Waals surface area contributed by atoms with Gasteiger partial charge in [0.05, 0.1) is 27.4 Å². The predicted octanol–water partition coefficient (Wildman–Crippen LogP) is 6.60. The smallest absolute Gasteiger partial charge is 0.181 e. The molecule has 0 aliphatic carbocycles. The Morgan fingerprint density at radius 1 is 1.03 bits per heavy atom. The molecule has 6 heteroatoms. The SMILES string of the molecule is C/C(=C/CS(=O)(=O)c1ccccc1)CC(OCc1ccccc1)C1(C(C)C)SCCCS1. The lowest BCUT2D eigenvalue weighted by atomic mass is 9.98. The molecule has 0 radical (unpaired) electrons. The second kappa shape index (κ2) is 11.8. The molecule has 3 rings (SSSR count). The standard InChI is InChI=1S/C26H34O3S3/c1-21(2)26(30-16-10-17-31-26)25(29-20-23-11-6-4-7-12-23)19-22(3)15-18-32(27,28)24-13-8-5-9-14-24/h4-9,11-15,21,25H,10,16-20H2,1-3H3/b22-15-. The lowest BCUT2D eigenvalue weighted by molar-refractivity contribution is 0.0243. The van der Waals surface area contributed by atoms with Gasteiger partial charge in [0.2, 0.25) is 0 Å². The summed E-state index contributed by atoms with van der Waals surface area (Å²) in [4.78, 5) is 0.373. The highest BCUT2D eigenvalue weighted by atomic mass is 32.2. The second-order valence-corrected chi connectivity index (χ2v) is 13.6. The highest BCUT2D eigenvalue weighted by Gasteiger charge is 2.45. The van der Waals surface area contributed by atoms with E-state index in [4.69, 9.17) is 4.74 Å². The van der Waals surface area contributed by atoms with Crippen molar-refractivity contribution >= 4 is 33.4 Å². The van der Waals surface area contributed by atoms with E-state index < -0.39 is 9.84 Å². The second-order valence-electron chi connectivity index (χ2n) is 8.56. The Kier molecular flexibility index (Phi) is 9.35. The number of hydrogen-bond acceptors (Lipinski definition) is 5. The molecule has 0 bridgehead atoms. The molecule has 1 saturated heterocycles.